The Hall–Kier alpha value is -1.57. The molecule has 0 aliphatic carbocycles. The normalized spacial score (nSPS) is 9.54. The molecule has 1 aromatic carbocycles. The van der Waals surface area contributed by atoms with E-state index in [2.05, 4.69) is 27.4 Å². The van der Waals surface area contributed by atoms with Crippen LogP contribution in [0.25, 0.3) is 10.9 Å². The fraction of sp³-hybridized carbons (Fsp3) is 0. The first-order valence-electron chi connectivity index (χ1n) is 3.83. The van der Waals surface area contributed by atoms with Crippen molar-refractivity contribution < 1.29 is 0 Å². The summed E-state index contributed by atoms with van der Waals surface area (Å²) in [5, 5.41) is 3.41. The molecule has 0 aliphatic rings. The second-order valence-electron chi connectivity index (χ2n) is 2.56. The van der Waals surface area contributed by atoms with Crippen molar-refractivity contribution in [3.05, 3.63) is 36.5 Å². The van der Waals surface area contributed by atoms with Crippen molar-refractivity contribution in [1.82, 2.24) is 4.98 Å². The Morgan fingerprint density at radius 2 is 2.08 bits per heavy atom. The largest absolute Gasteiger partial charge is 0.254 e. The summed E-state index contributed by atoms with van der Waals surface area (Å²) >= 11 is 4.55. The number of aromatic nitrogens is 1. The Kier molecular flexibility index (Phi) is 2.13. The summed E-state index contributed by atoms with van der Waals surface area (Å²) < 4.78 is 0. The first kappa shape index (κ1) is 8.05. The fourth-order valence-corrected chi connectivity index (χ4v) is 1.33. The summed E-state index contributed by atoms with van der Waals surface area (Å²) in [6.07, 6.45) is 1.74. The lowest BCUT2D eigenvalue weighted by Crippen LogP contribution is -1.76. The number of hydrogen-bond acceptors (Lipinski definition) is 3. The Balaban J connectivity index is 2.82. The molecule has 13 heavy (non-hydrogen) atoms. The van der Waals surface area contributed by atoms with Crippen LogP contribution in [0, 0.1) is 0 Å². The lowest BCUT2D eigenvalue weighted by Gasteiger charge is -1.97. The van der Waals surface area contributed by atoms with Gasteiger partial charge in [0, 0.05) is 11.6 Å². The lowest BCUT2D eigenvalue weighted by atomic mass is 10.2. The number of benzene rings is 1. The Morgan fingerprint density at radius 1 is 1.23 bits per heavy atom. The van der Waals surface area contributed by atoms with E-state index >= 15 is 0 Å². The predicted molar refractivity (Wildman–Crippen MR) is 56.4 cm³/mol. The number of para-hydroxylation sites is 1. The van der Waals surface area contributed by atoms with Crippen molar-refractivity contribution in [3.63, 3.8) is 0 Å². The maximum Gasteiger partial charge on any atom is 0.100 e. The van der Waals surface area contributed by atoms with E-state index in [9.17, 15) is 0 Å². The van der Waals surface area contributed by atoms with Crippen molar-refractivity contribution in [1.29, 1.82) is 0 Å². The van der Waals surface area contributed by atoms with Gasteiger partial charge in [0.1, 0.15) is 5.69 Å². The number of isothiocyanates is 1. The monoisotopic (exact) mass is 186 g/mol. The zero-order valence-electron chi connectivity index (χ0n) is 6.77. The van der Waals surface area contributed by atoms with Crippen LogP contribution in [0.3, 0.4) is 0 Å². The van der Waals surface area contributed by atoms with Crippen LogP contribution < -0.4 is 0 Å². The summed E-state index contributed by atoms with van der Waals surface area (Å²) in [6, 6.07) is 9.67. The molecule has 0 atom stereocenters. The molecule has 0 aliphatic heterocycles. The highest BCUT2D eigenvalue weighted by Gasteiger charge is 1.97. The fourth-order valence-electron chi connectivity index (χ4n) is 1.23. The third-order valence-corrected chi connectivity index (χ3v) is 1.87. The van der Waals surface area contributed by atoms with E-state index in [4.69, 9.17) is 0 Å². The number of fused-ring (bicyclic) bond motifs is 1. The van der Waals surface area contributed by atoms with Gasteiger partial charge in [-0.3, -0.25) is 4.98 Å². The second kappa shape index (κ2) is 3.44. The molecule has 0 spiro atoms. The molecule has 62 valence electrons. The molecule has 0 saturated heterocycles. The van der Waals surface area contributed by atoms with Gasteiger partial charge in [-0.1, -0.05) is 18.2 Å². The zero-order chi connectivity index (χ0) is 9.10. The van der Waals surface area contributed by atoms with Crippen molar-refractivity contribution in [3.8, 4) is 0 Å². The molecule has 0 unspecified atom stereocenters. The number of aliphatic imine (C=N–C) groups is 1. The van der Waals surface area contributed by atoms with Crippen LogP contribution in [0.15, 0.2) is 41.5 Å². The van der Waals surface area contributed by atoms with Gasteiger partial charge in [0.25, 0.3) is 0 Å². The van der Waals surface area contributed by atoms with E-state index in [1.165, 1.54) is 0 Å². The summed E-state index contributed by atoms with van der Waals surface area (Å²) in [7, 11) is 0. The third kappa shape index (κ3) is 1.47. The van der Waals surface area contributed by atoms with E-state index in [-0.39, 0.29) is 0 Å². The van der Waals surface area contributed by atoms with Crippen LogP contribution >= 0.6 is 12.2 Å². The van der Waals surface area contributed by atoms with Gasteiger partial charge in [-0.15, -0.1) is 0 Å². The minimum atomic E-state index is 0.771. The molecule has 1 aromatic heterocycles. The van der Waals surface area contributed by atoms with Crippen LogP contribution in [0.1, 0.15) is 0 Å². The van der Waals surface area contributed by atoms with Crippen LogP contribution in [0.2, 0.25) is 0 Å². The molecule has 0 N–H and O–H groups in total. The standard InChI is InChI=1S/C10H6N2S/c13-7-12-9-5-1-3-8-4-2-6-11-10(8)9/h1-6H. The van der Waals surface area contributed by atoms with E-state index < -0.39 is 0 Å². The molecule has 0 fully saturated rings. The van der Waals surface area contributed by atoms with Crippen LogP contribution in [-0.2, 0) is 0 Å². The van der Waals surface area contributed by atoms with Gasteiger partial charge in [0.2, 0.25) is 0 Å². The highest BCUT2D eigenvalue weighted by Crippen LogP contribution is 2.22. The van der Waals surface area contributed by atoms with Gasteiger partial charge in [-0.2, -0.15) is 4.99 Å². The average Bonchev–Trinajstić information content (AvgIpc) is 2.19. The number of thiocarbonyl (C=S) groups is 1. The first-order chi connectivity index (χ1) is 6.42. The quantitative estimate of drug-likeness (QED) is 0.505. The summed E-state index contributed by atoms with van der Waals surface area (Å²) in [4.78, 5) is 8.16. The zero-order valence-corrected chi connectivity index (χ0v) is 7.58. The lowest BCUT2D eigenvalue weighted by molar-refractivity contribution is 1.40. The van der Waals surface area contributed by atoms with Gasteiger partial charge in [-0.05, 0) is 24.4 Å². The molecule has 2 nitrogen and oxygen atoms in total. The topological polar surface area (TPSA) is 25.2 Å². The van der Waals surface area contributed by atoms with Gasteiger partial charge >= 0.3 is 0 Å². The number of hydrogen-bond donors (Lipinski definition) is 0. The highest BCUT2D eigenvalue weighted by atomic mass is 32.1. The van der Waals surface area contributed by atoms with E-state index in [1.807, 2.05) is 30.3 Å². The maximum atomic E-state index is 4.55. The SMILES string of the molecule is S=C=Nc1cccc2cccnc12. The van der Waals surface area contributed by atoms with Crippen molar-refractivity contribution in [2.45, 2.75) is 0 Å². The van der Waals surface area contributed by atoms with Crippen LogP contribution in [0.4, 0.5) is 5.69 Å². The minimum Gasteiger partial charge on any atom is -0.254 e. The van der Waals surface area contributed by atoms with Crippen molar-refractivity contribution in [2.75, 3.05) is 0 Å². The maximum absolute atomic E-state index is 4.55. The Labute approximate surface area is 81.0 Å². The second-order valence-corrected chi connectivity index (χ2v) is 2.74. The first-order valence-corrected chi connectivity index (χ1v) is 4.24. The van der Waals surface area contributed by atoms with Crippen molar-refractivity contribution in [2.24, 2.45) is 4.99 Å². The average molecular weight is 186 g/mol. The molecule has 0 bridgehead atoms. The van der Waals surface area contributed by atoms with Gasteiger partial charge in [-0.25, -0.2) is 0 Å². The molecule has 2 rings (SSSR count). The Bertz CT molecular complexity index is 482. The number of rotatable bonds is 1. The molecule has 3 heteroatoms. The number of nitrogens with zero attached hydrogens (tertiary/aromatic N) is 2. The molecule has 0 amide bonds. The molecule has 2 aromatic rings. The smallest absolute Gasteiger partial charge is 0.100 e. The summed E-state index contributed by atoms with van der Waals surface area (Å²) in [5.41, 5.74) is 1.63. The highest BCUT2D eigenvalue weighted by molar-refractivity contribution is 7.78. The van der Waals surface area contributed by atoms with E-state index in [0.29, 0.717) is 0 Å². The van der Waals surface area contributed by atoms with Crippen LogP contribution in [0.5, 0.6) is 0 Å². The molecule has 0 saturated carbocycles. The predicted octanol–water partition coefficient (Wildman–Crippen LogP) is 2.97. The molecular weight excluding hydrogens is 180 g/mol. The van der Waals surface area contributed by atoms with Gasteiger partial charge in [0.15, 0.2) is 0 Å². The molecule has 0 radical (unpaired) electrons. The summed E-state index contributed by atoms with van der Waals surface area (Å²) in [5.74, 6) is 0. The van der Waals surface area contributed by atoms with E-state index in [1.54, 1.807) is 6.20 Å². The Morgan fingerprint density at radius 3 is 2.92 bits per heavy atom. The summed E-state index contributed by atoms with van der Waals surface area (Å²) in [6.45, 7) is 0. The molecular formula is C10H6N2S. The van der Waals surface area contributed by atoms with Gasteiger partial charge < -0.3 is 0 Å². The third-order valence-electron chi connectivity index (χ3n) is 1.78. The number of pyridine rings is 1. The van der Waals surface area contributed by atoms with E-state index in [0.717, 1.165) is 16.6 Å². The van der Waals surface area contributed by atoms with Crippen molar-refractivity contribution >= 4 is 34.0 Å². The van der Waals surface area contributed by atoms with Crippen LogP contribution in [-0.4, -0.2) is 10.1 Å². The molecule has 1 heterocycles. The minimum absolute atomic E-state index is 0.771. The van der Waals surface area contributed by atoms with Gasteiger partial charge in [0.05, 0.1) is 10.7 Å².